The van der Waals surface area contributed by atoms with Gasteiger partial charge in [0.15, 0.2) is 0 Å². The fourth-order valence-corrected chi connectivity index (χ4v) is 4.16. The van der Waals surface area contributed by atoms with E-state index in [9.17, 15) is 0 Å². The molecule has 2 heteroatoms. The van der Waals surface area contributed by atoms with Crippen molar-refractivity contribution in [2.45, 2.75) is 19.6 Å². The van der Waals surface area contributed by atoms with Crippen LogP contribution in [0.3, 0.4) is 0 Å². The number of hydrogen-bond acceptors (Lipinski definition) is 1. The average molecular weight is 228 g/mol. The van der Waals surface area contributed by atoms with Crippen molar-refractivity contribution in [3.8, 4) is 0 Å². The Kier molecular flexibility index (Phi) is 2.18. The minimum absolute atomic E-state index is 0.240. The standard InChI is InChI=1S/C14H14NS/c1-3-16-10(2)15-14-12-7-5-4-6-11(12)8-9-13(14)16/h4-9H,3H2,1-2H3/q+1. The molecule has 1 nitrogen and oxygen atoms in total. The fraction of sp³-hybridized carbons (Fsp3) is 0.214. The Bertz CT molecular complexity index is 667. The quantitative estimate of drug-likeness (QED) is 0.560. The highest BCUT2D eigenvalue weighted by Crippen LogP contribution is 2.37. The zero-order valence-corrected chi connectivity index (χ0v) is 10.3. The van der Waals surface area contributed by atoms with E-state index in [1.807, 2.05) is 0 Å². The van der Waals surface area contributed by atoms with Gasteiger partial charge in [-0.05, 0) is 18.4 Å². The number of aryl methyl sites for hydroxylation is 2. The first kappa shape index (κ1) is 9.79. The van der Waals surface area contributed by atoms with E-state index in [-0.39, 0.29) is 10.5 Å². The van der Waals surface area contributed by atoms with E-state index in [2.05, 4.69) is 50.2 Å². The van der Waals surface area contributed by atoms with Crippen molar-refractivity contribution >= 4 is 31.5 Å². The molecule has 0 aliphatic carbocycles. The van der Waals surface area contributed by atoms with Crippen LogP contribution in [0.5, 0.6) is 0 Å². The van der Waals surface area contributed by atoms with Crippen LogP contribution in [0.2, 0.25) is 0 Å². The molecule has 80 valence electrons. The van der Waals surface area contributed by atoms with E-state index in [0.29, 0.717) is 0 Å². The molecule has 0 fully saturated rings. The van der Waals surface area contributed by atoms with Crippen molar-refractivity contribution in [2.75, 3.05) is 0 Å². The van der Waals surface area contributed by atoms with Crippen LogP contribution in [0.25, 0.3) is 21.0 Å². The lowest BCUT2D eigenvalue weighted by Crippen LogP contribution is -1.74. The summed E-state index contributed by atoms with van der Waals surface area (Å²) < 4.78 is 1.43. The highest BCUT2D eigenvalue weighted by molar-refractivity contribution is 7.36. The summed E-state index contributed by atoms with van der Waals surface area (Å²) in [7, 11) is 0.240. The molecule has 2 aromatic carbocycles. The molecule has 1 heterocycles. The number of rotatable bonds is 1. The van der Waals surface area contributed by atoms with Crippen LogP contribution in [-0.2, 0) is 5.75 Å². The number of nitrogens with zero attached hydrogens (tertiary/aromatic N) is 1. The predicted molar refractivity (Wildman–Crippen MR) is 72.1 cm³/mol. The normalized spacial score (nSPS) is 12.5. The summed E-state index contributed by atoms with van der Waals surface area (Å²) in [6, 6.07) is 13.0. The summed E-state index contributed by atoms with van der Waals surface area (Å²) in [6.07, 6.45) is 0. The minimum Gasteiger partial charge on any atom is -0.196 e. The Morgan fingerprint density at radius 2 is 1.94 bits per heavy atom. The molecule has 0 amide bonds. The van der Waals surface area contributed by atoms with Gasteiger partial charge in [0.25, 0.3) is 0 Å². The van der Waals surface area contributed by atoms with Crippen LogP contribution in [0.15, 0.2) is 36.4 Å². The SMILES string of the molecule is CC[s+]1c(C)nc2c3ccccc3ccc21. The van der Waals surface area contributed by atoms with Gasteiger partial charge in [0, 0.05) is 28.8 Å². The zero-order valence-electron chi connectivity index (χ0n) is 9.53. The smallest absolute Gasteiger partial charge is 0.196 e. The highest BCUT2D eigenvalue weighted by atomic mass is 32.2. The molecule has 0 radical (unpaired) electrons. The van der Waals surface area contributed by atoms with Gasteiger partial charge in [-0.2, -0.15) is 4.98 Å². The van der Waals surface area contributed by atoms with Crippen LogP contribution >= 0.6 is 10.5 Å². The molecule has 1 aromatic heterocycles. The maximum atomic E-state index is 4.76. The molecular formula is C14H14NS+. The lowest BCUT2D eigenvalue weighted by atomic mass is 10.1. The second kappa shape index (κ2) is 3.56. The number of fused-ring (bicyclic) bond motifs is 3. The molecule has 0 spiro atoms. The van der Waals surface area contributed by atoms with Gasteiger partial charge < -0.3 is 0 Å². The van der Waals surface area contributed by atoms with Gasteiger partial charge in [-0.15, -0.1) is 0 Å². The van der Waals surface area contributed by atoms with Crippen molar-refractivity contribution in [1.29, 1.82) is 0 Å². The Morgan fingerprint density at radius 1 is 1.12 bits per heavy atom. The molecule has 1 unspecified atom stereocenters. The Balaban J connectivity index is 2.52. The molecule has 3 aromatic rings. The second-order valence-corrected chi connectivity index (χ2v) is 6.33. The van der Waals surface area contributed by atoms with Crippen molar-refractivity contribution < 1.29 is 0 Å². The summed E-state index contributed by atoms with van der Waals surface area (Å²) >= 11 is 0. The second-order valence-electron chi connectivity index (χ2n) is 3.94. The number of aromatic nitrogens is 1. The summed E-state index contributed by atoms with van der Waals surface area (Å²) in [5.41, 5.74) is 1.21. The maximum absolute atomic E-state index is 4.76. The van der Waals surface area contributed by atoms with Crippen LogP contribution in [0.4, 0.5) is 0 Å². The summed E-state index contributed by atoms with van der Waals surface area (Å²) in [4.78, 5) is 4.76. The molecule has 0 aliphatic heterocycles. The van der Waals surface area contributed by atoms with E-state index in [1.165, 1.54) is 31.7 Å². The molecule has 0 bridgehead atoms. The maximum Gasteiger partial charge on any atom is 0.240 e. The van der Waals surface area contributed by atoms with E-state index < -0.39 is 0 Å². The third-order valence-electron chi connectivity index (χ3n) is 3.04. The van der Waals surface area contributed by atoms with E-state index in [0.717, 1.165) is 0 Å². The third-order valence-corrected chi connectivity index (χ3v) is 5.29. The first-order chi connectivity index (χ1) is 7.81. The molecule has 0 N–H and O–H groups in total. The Labute approximate surface area is 97.7 Å². The van der Waals surface area contributed by atoms with Crippen molar-refractivity contribution in [3.63, 3.8) is 0 Å². The Hall–Kier alpha value is -1.41. The minimum atomic E-state index is 0.240. The molecule has 0 saturated heterocycles. The van der Waals surface area contributed by atoms with Gasteiger partial charge in [-0.3, -0.25) is 0 Å². The monoisotopic (exact) mass is 228 g/mol. The van der Waals surface area contributed by atoms with Crippen LogP contribution in [0, 0.1) is 6.92 Å². The first-order valence-electron chi connectivity index (χ1n) is 5.59. The lowest BCUT2D eigenvalue weighted by Gasteiger charge is -1.95. The summed E-state index contributed by atoms with van der Waals surface area (Å²) in [5.74, 6) is 1.17. The lowest BCUT2D eigenvalue weighted by molar-refractivity contribution is 1.32. The molecule has 3 rings (SSSR count). The first-order valence-corrected chi connectivity index (χ1v) is 6.98. The van der Waals surface area contributed by atoms with Crippen LogP contribution in [-0.4, -0.2) is 4.98 Å². The molecule has 16 heavy (non-hydrogen) atoms. The van der Waals surface area contributed by atoms with Gasteiger partial charge in [0.1, 0.15) is 11.3 Å². The Morgan fingerprint density at radius 3 is 2.75 bits per heavy atom. The molecular weight excluding hydrogens is 214 g/mol. The summed E-state index contributed by atoms with van der Waals surface area (Å²) in [5, 5.41) is 3.87. The predicted octanol–water partition coefficient (Wildman–Crippen LogP) is 4.47. The van der Waals surface area contributed by atoms with E-state index in [4.69, 9.17) is 4.98 Å². The largest absolute Gasteiger partial charge is 0.240 e. The number of thiazole rings is 1. The van der Waals surface area contributed by atoms with Crippen molar-refractivity contribution in [2.24, 2.45) is 0 Å². The zero-order chi connectivity index (χ0) is 11.1. The van der Waals surface area contributed by atoms with Crippen molar-refractivity contribution in [3.05, 3.63) is 41.4 Å². The fourth-order valence-electron chi connectivity index (χ4n) is 2.29. The number of hydrogen-bond donors (Lipinski definition) is 0. The average Bonchev–Trinajstić information content (AvgIpc) is 2.65. The van der Waals surface area contributed by atoms with Gasteiger partial charge in [-0.25, -0.2) is 0 Å². The highest BCUT2D eigenvalue weighted by Gasteiger charge is 2.18. The van der Waals surface area contributed by atoms with Gasteiger partial charge in [0.2, 0.25) is 9.71 Å². The molecule has 1 atom stereocenters. The van der Waals surface area contributed by atoms with Gasteiger partial charge in [-0.1, -0.05) is 24.3 Å². The molecule has 0 saturated carbocycles. The van der Waals surface area contributed by atoms with Crippen molar-refractivity contribution in [1.82, 2.24) is 4.98 Å². The van der Waals surface area contributed by atoms with Crippen LogP contribution in [0.1, 0.15) is 11.9 Å². The summed E-state index contributed by atoms with van der Waals surface area (Å²) in [6.45, 7) is 4.40. The van der Waals surface area contributed by atoms with Gasteiger partial charge in [0.05, 0.1) is 0 Å². The van der Waals surface area contributed by atoms with E-state index >= 15 is 0 Å². The number of benzene rings is 2. The topological polar surface area (TPSA) is 12.9 Å². The van der Waals surface area contributed by atoms with Gasteiger partial charge >= 0.3 is 0 Å². The van der Waals surface area contributed by atoms with Crippen LogP contribution < -0.4 is 0 Å². The van der Waals surface area contributed by atoms with E-state index in [1.54, 1.807) is 0 Å². The third kappa shape index (κ3) is 1.26. The molecule has 0 aliphatic rings.